The molecule has 1 fully saturated rings. The molecule has 1 atom stereocenters. The summed E-state index contributed by atoms with van der Waals surface area (Å²) in [5, 5.41) is 13.1. The first-order valence-electron chi connectivity index (χ1n) is 11.7. The molecule has 1 aliphatic rings. The standard InChI is InChI=1S/C27H32N4O3/c1-34-24-12-6-5-10-22(24)20-30-16-18-31(19-17-30)26-23(11-7-15-28-26)27(33)29-25(32)14-13-21-8-3-2-4-9-21/h2-12,15,25,32H,13-14,16-20H2,1H3,(H,29,33). The Balaban J connectivity index is 1.33. The topological polar surface area (TPSA) is 77.9 Å². The predicted molar refractivity (Wildman–Crippen MR) is 133 cm³/mol. The summed E-state index contributed by atoms with van der Waals surface area (Å²) >= 11 is 0. The van der Waals surface area contributed by atoms with E-state index < -0.39 is 6.23 Å². The lowest BCUT2D eigenvalue weighted by Crippen LogP contribution is -2.47. The van der Waals surface area contributed by atoms with E-state index in [4.69, 9.17) is 4.74 Å². The number of anilines is 1. The molecule has 2 heterocycles. The van der Waals surface area contributed by atoms with Crippen molar-refractivity contribution >= 4 is 11.7 Å². The van der Waals surface area contributed by atoms with Crippen LogP contribution in [0.1, 0.15) is 27.9 Å². The summed E-state index contributed by atoms with van der Waals surface area (Å²) in [6, 6.07) is 21.5. The van der Waals surface area contributed by atoms with Crippen LogP contribution in [0.25, 0.3) is 0 Å². The number of benzene rings is 2. The number of para-hydroxylation sites is 1. The highest BCUT2D eigenvalue weighted by Gasteiger charge is 2.24. The molecule has 1 aromatic heterocycles. The van der Waals surface area contributed by atoms with Crippen LogP contribution in [0.3, 0.4) is 0 Å². The average Bonchev–Trinajstić information content (AvgIpc) is 2.89. The molecule has 0 bridgehead atoms. The Morgan fingerprint density at radius 2 is 1.76 bits per heavy atom. The van der Waals surface area contributed by atoms with E-state index in [9.17, 15) is 9.90 Å². The summed E-state index contributed by atoms with van der Waals surface area (Å²) < 4.78 is 5.48. The van der Waals surface area contributed by atoms with Gasteiger partial charge in [0.1, 0.15) is 17.8 Å². The van der Waals surface area contributed by atoms with Crippen molar-refractivity contribution in [1.29, 1.82) is 0 Å². The predicted octanol–water partition coefficient (Wildman–Crippen LogP) is 3.09. The number of ether oxygens (including phenoxy) is 1. The average molecular weight is 461 g/mol. The molecule has 2 aromatic carbocycles. The molecule has 2 N–H and O–H groups in total. The number of piperazine rings is 1. The minimum Gasteiger partial charge on any atom is -0.496 e. The Morgan fingerprint density at radius 1 is 1.03 bits per heavy atom. The van der Waals surface area contributed by atoms with Crippen LogP contribution < -0.4 is 15.0 Å². The number of amides is 1. The first-order chi connectivity index (χ1) is 16.6. The number of aromatic nitrogens is 1. The number of aliphatic hydroxyl groups is 1. The van der Waals surface area contributed by atoms with Crippen LogP contribution in [0.15, 0.2) is 72.9 Å². The van der Waals surface area contributed by atoms with Gasteiger partial charge in [-0.15, -0.1) is 0 Å². The molecule has 1 amide bonds. The Bertz CT molecular complexity index is 1070. The molecule has 7 nitrogen and oxygen atoms in total. The maximum absolute atomic E-state index is 12.9. The quantitative estimate of drug-likeness (QED) is 0.478. The third-order valence-electron chi connectivity index (χ3n) is 6.14. The largest absolute Gasteiger partial charge is 0.496 e. The fourth-order valence-electron chi connectivity index (χ4n) is 4.27. The Hall–Kier alpha value is -3.42. The van der Waals surface area contributed by atoms with Crippen molar-refractivity contribution in [3.8, 4) is 5.75 Å². The maximum Gasteiger partial charge on any atom is 0.257 e. The molecule has 0 spiro atoms. The molecule has 1 unspecified atom stereocenters. The third kappa shape index (κ3) is 6.12. The summed E-state index contributed by atoms with van der Waals surface area (Å²) in [4.78, 5) is 22.0. The van der Waals surface area contributed by atoms with Gasteiger partial charge in [0.2, 0.25) is 0 Å². The molecule has 178 valence electrons. The van der Waals surface area contributed by atoms with Crippen molar-refractivity contribution in [2.75, 3.05) is 38.2 Å². The van der Waals surface area contributed by atoms with E-state index in [1.807, 2.05) is 48.5 Å². The van der Waals surface area contributed by atoms with E-state index >= 15 is 0 Å². The van der Waals surface area contributed by atoms with Gasteiger partial charge < -0.3 is 20.1 Å². The van der Waals surface area contributed by atoms with Crippen LogP contribution in [-0.4, -0.2) is 60.4 Å². The number of hydrogen-bond acceptors (Lipinski definition) is 6. The van der Waals surface area contributed by atoms with Crippen molar-refractivity contribution in [3.05, 3.63) is 89.6 Å². The van der Waals surface area contributed by atoms with Crippen molar-refractivity contribution < 1.29 is 14.6 Å². The molecule has 1 aliphatic heterocycles. The summed E-state index contributed by atoms with van der Waals surface area (Å²) in [7, 11) is 1.70. The second kappa shape index (κ2) is 11.6. The minimum absolute atomic E-state index is 0.305. The summed E-state index contributed by atoms with van der Waals surface area (Å²) in [6.45, 7) is 4.07. The van der Waals surface area contributed by atoms with Gasteiger partial charge in [-0.2, -0.15) is 0 Å². The van der Waals surface area contributed by atoms with Gasteiger partial charge in [0.25, 0.3) is 5.91 Å². The highest BCUT2D eigenvalue weighted by molar-refractivity contribution is 5.99. The molecule has 7 heteroatoms. The van der Waals surface area contributed by atoms with Crippen LogP contribution in [-0.2, 0) is 13.0 Å². The smallest absolute Gasteiger partial charge is 0.257 e. The fraction of sp³-hybridized carbons (Fsp3) is 0.333. The molecular formula is C27H32N4O3. The highest BCUT2D eigenvalue weighted by Crippen LogP contribution is 2.23. The van der Waals surface area contributed by atoms with Gasteiger partial charge in [-0.25, -0.2) is 4.98 Å². The van der Waals surface area contributed by atoms with Gasteiger partial charge in [0, 0.05) is 44.5 Å². The Morgan fingerprint density at radius 3 is 2.53 bits per heavy atom. The van der Waals surface area contributed by atoms with Gasteiger partial charge in [0.05, 0.1) is 12.7 Å². The number of aliphatic hydroxyl groups excluding tert-OH is 1. The van der Waals surface area contributed by atoms with Gasteiger partial charge in [-0.1, -0.05) is 48.5 Å². The number of rotatable bonds is 9. The number of hydrogen-bond donors (Lipinski definition) is 2. The second-order valence-corrected chi connectivity index (χ2v) is 8.46. The molecule has 34 heavy (non-hydrogen) atoms. The van der Waals surface area contributed by atoms with E-state index in [0.29, 0.717) is 24.2 Å². The van der Waals surface area contributed by atoms with Crippen LogP contribution in [0.5, 0.6) is 5.75 Å². The molecule has 4 rings (SSSR count). The van der Waals surface area contributed by atoms with Crippen LogP contribution in [0.4, 0.5) is 5.82 Å². The van der Waals surface area contributed by atoms with Crippen molar-refractivity contribution in [2.45, 2.75) is 25.6 Å². The normalized spacial score (nSPS) is 15.1. The SMILES string of the molecule is COc1ccccc1CN1CCN(c2ncccc2C(=O)NC(O)CCc2ccccc2)CC1. The molecule has 0 saturated carbocycles. The number of methoxy groups -OCH3 is 1. The van der Waals surface area contributed by atoms with Crippen molar-refractivity contribution in [1.82, 2.24) is 15.2 Å². The molecular weight excluding hydrogens is 428 g/mol. The maximum atomic E-state index is 12.9. The van der Waals surface area contributed by atoms with E-state index in [0.717, 1.165) is 44.0 Å². The number of pyridine rings is 1. The number of nitrogens with zero attached hydrogens (tertiary/aromatic N) is 3. The van der Waals surface area contributed by atoms with E-state index in [-0.39, 0.29) is 5.91 Å². The van der Waals surface area contributed by atoms with Gasteiger partial charge in [-0.3, -0.25) is 9.69 Å². The second-order valence-electron chi connectivity index (χ2n) is 8.46. The summed E-state index contributed by atoms with van der Waals surface area (Å²) in [5.74, 6) is 1.26. The van der Waals surface area contributed by atoms with Crippen molar-refractivity contribution in [3.63, 3.8) is 0 Å². The monoisotopic (exact) mass is 460 g/mol. The van der Waals surface area contributed by atoms with Crippen LogP contribution in [0, 0.1) is 0 Å². The molecule has 0 radical (unpaired) electrons. The zero-order valence-electron chi connectivity index (χ0n) is 19.6. The van der Waals surface area contributed by atoms with E-state index in [2.05, 4.69) is 26.2 Å². The lowest BCUT2D eigenvalue weighted by molar-refractivity contribution is 0.0765. The zero-order chi connectivity index (χ0) is 23.8. The highest BCUT2D eigenvalue weighted by atomic mass is 16.5. The van der Waals surface area contributed by atoms with Gasteiger partial charge >= 0.3 is 0 Å². The molecule has 1 saturated heterocycles. The fourth-order valence-corrected chi connectivity index (χ4v) is 4.27. The van der Waals surface area contributed by atoms with Crippen LogP contribution >= 0.6 is 0 Å². The Kier molecular flexibility index (Phi) is 8.12. The third-order valence-corrected chi connectivity index (χ3v) is 6.14. The number of aryl methyl sites for hydroxylation is 1. The van der Waals surface area contributed by atoms with Crippen molar-refractivity contribution in [2.24, 2.45) is 0 Å². The first-order valence-corrected chi connectivity index (χ1v) is 11.7. The zero-order valence-corrected chi connectivity index (χ0v) is 19.6. The van der Waals surface area contributed by atoms with Gasteiger partial charge in [-0.05, 0) is 36.6 Å². The number of carbonyl (C=O) groups excluding carboxylic acids is 1. The van der Waals surface area contributed by atoms with E-state index in [1.54, 1.807) is 25.4 Å². The van der Waals surface area contributed by atoms with Crippen LogP contribution in [0.2, 0.25) is 0 Å². The lowest BCUT2D eigenvalue weighted by atomic mass is 10.1. The van der Waals surface area contributed by atoms with Gasteiger partial charge in [0.15, 0.2) is 0 Å². The number of nitrogens with one attached hydrogen (secondary N) is 1. The van der Waals surface area contributed by atoms with E-state index in [1.165, 1.54) is 5.56 Å². The number of carbonyl (C=O) groups is 1. The summed E-state index contributed by atoms with van der Waals surface area (Å²) in [6.07, 6.45) is 1.93. The Labute approximate surface area is 201 Å². The minimum atomic E-state index is -0.918. The molecule has 0 aliphatic carbocycles. The first kappa shape index (κ1) is 23.7. The lowest BCUT2D eigenvalue weighted by Gasteiger charge is -2.36. The summed E-state index contributed by atoms with van der Waals surface area (Å²) in [5.41, 5.74) is 2.78. The molecule has 3 aromatic rings.